The summed E-state index contributed by atoms with van der Waals surface area (Å²) in [5, 5.41) is 3.28. The van der Waals surface area contributed by atoms with Crippen molar-refractivity contribution in [3.05, 3.63) is 29.8 Å². The van der Waals surface area contributed by atoms with Crippen molar-refractivity contribution >= 4 is 23.4 Å². The maximum absolute atomic E-state index is 5.57. The molecule has 0 fully saturated rings. The molecule has 0 atom stereocenters. The van der Waals surface area contributed by atoms with Crippen molar-refractivity contribution in [1.29, 1.82) is 0 Å². The zero-order chi connectivity index (χ0) is 9.52. The maximum atomic E-state index is 5.57. The van der Waals surface area contributed by atoms with Gasteiger partial charge in [-0.3, -0.25) is 0 Å². The lowest BCUT2D eigenvalue weighted by Crippen LogP contribution is -2.16. The fourth-order valence-corrected chi connectivity index (χ4v) is 1.89. The van der Waals surface area contributed by atoms with Gasteiger partial charge in [0, 0.05) is 23.9 Å². The third-order valence-corrected chi connectivity index (χ3v) is 2.81. The van der Waals surface area contributed by atoms with E-state index in [1.807, 2.05) is 0 Å². The molecule has 0 aliphatic rings. The Bertz CT molecular complexity index is 252. The summed E-state index contributed by atoms with van der Waals surface area (Å²) in [6.07, 6.45) is 2.10. The van der Waals surface area contributed by atoms with Gasteiger partial charge >= 0.3 is 0 Å². The standard InChI is InChI=1S/C10H14ClNS/c1-13-10-5-3-2-4-9(10)8-12-7-6-11/h2-5,12H,6-8H2,1H3. The lowest BCUT2D eigenvalue weighted by Gasteiger charge is -2.07. The molecular weight excluding hydrogens is 202 g/mol. The number of rotatable bonds is 5. The van der Waals surface area contributed by atoms with E-state index >= 15 is 0 Å². The van der Waals surface area contributed by atoms with Gasteiger partial charge in [-0.25, -0.2) is 0 Å². The lowest BCUT2D eigenvalue weighted by atomic mass is 10.2. The number of halogens is 1. The molecule has 0 amide bonds. The Morgan fingerprint density at radius 1 is 1.38 bits per heavy atom. The van der Waals surface area contributed by atoms with E-state index in [0.29, 0.717) is 5.88 Å². The molecule has 0 heterocycles. The van der Waals surface area contributed by atoms with Gasteiger partial charge < -0.3 is 5.32 Å². The Morgan fingerprint density at radius 2 is 2.15 bits per heavy atom. The second-order valence-electron chi connectivity index (χ2n) is 2.68. The van der Waals surface area contributed by atoms with E-state index in [1.165, 1.54) is 10.5 Å². The molecule has 1 N–H and O–H groups in total. The molecule has 0 aromatic heterocycles. The number of thioether (sulfide) groups is 1. The average Bonchev–Trinajstić information content (AvgIpc) is 2.19. The predicted octanol–water partition coefficient (Wildman–Crippen LogP) is 2.74. The highest BCUT2D eigenvalue weighted by Crippen LogP contribution is 2.19. The van der Waals surface area contributed by atoms with Crippen molar-refractivity contribution in [3.8, 4) is 0 Å². The smallest absolute Gasteiger partial charge is 0.0348 e. The van der Waals surface area contributed by atoms with Crippen LogP contribution in [0.4, 0.5) is 0 Å². The molecule has 0 saturated heterocycles. The highest BCUT2D eigenvalue weighted by atomic mass is 35.5. The van der Waals surface area contributed by atoms with Gasteiger partial charge in [0.25, 0.3) is 0 Å². The molecule has 1 nitrogen and oxygen atoms in total. The Kier molecular flexibility index (Phi) is 5.28. The summed E-state index contributed by atoms with van der Waals surface area (Å²) in [4.78, 5) is 1.34. The van der Waals surface area contributed by atoms with Crippen molar-refractivity contribution < 1.29 is 0 Å². The maximum Gasteiger partial charge on any atom is 0.0348 e. The zero-order valence-corrected chi connectivity index (χ0v) is 9.29. The van der Waals surface area contributed by atoms with Gasteiger partial charge in [0.1, 0.15) is 0 Å². The molecule has 0 radical (unpaired) electrons. The van der Waals surface area contributed by atoms with Crippen LogP contribution in [0.25, 0.3) is 0 Å². The normalized spacial score (nSPS) is 10.3. The van der Waals surface area contributed by atoms with E-state index in [0.717, 1.165) is 13.1 Å². The minimum atomic E-state index is 0.668. The van der Waals surface area contributed by atoms with Crippen molar-refractivity contribution in [3.63, 3.8) is 0 Å². The van der Waals surface area contributed by atoms with Gasteiger partial charge in [-0.05, 0) is 17.9 Å². The first-order valence-corrected chi connectivity index (χ1v) is 6.03. The monoisotopic (exact) mass is 215 g/mol. The first kappa shape index (κ1) is 10.9. The van der Waals surface area contributed by atoms with Crippen LogP contribution in [-0.4, -0.2) is 18.7 Å². The van der Waals surface area contributed by atoms with Crippen LogP contribution in [0.2, 0.25) is 0 Å². The molecule has 3 heteroatoms. The minimum Gasteiger partial charge on any atom is -0.311 e. The molecule has 0 spiro atoms. The Labute approximate surface area is 88.9 Å². The first-order chi connectivity index (χ1) is 6.38. The van der Waals surface area contributed by atoms with Gasteiger partial charge in [-0.2, -0.15) is 0 Å². The molecule has 0 aliphatic heterocycles. The topological polar surface area (TPSA) is 12.0 Å². The minimum absolute atomic E-state index is 0.668. The Hall–Kier alpha value is -0.180. The predicted molar refractivity (Wildman–Crippen MR) is 60.6 cm³/mol. The summed E-state index contributed by atoms with van der Waals surface area (Å²) < 4.78 is 0. The lowest BCUT2D eigenvalue weighted by molar-refractivity contribution is 0.721. The summed E-state index contributed by atoms with van der Waals surface area (Å²) in [7, 11) is 0. The molecular formula is C10H14ClNS. The van der Waals surface area contributed by atoms with Crippen LogP contribution >= 0.6 is 23.4 Å². The van der Waals surface area contributed by atoms with Crippen LogP contribution in [0.3, 0.4) is 0 Å². The van der Waals surface area contributed by atoms with E-state index < -0.39 is 0 Å². The van der Waals surface area contributed by atoms with Crippen LogP contribution in [0, 0.1) is 0 Å². The average molecular weight is 216 g/mol. The number of benzene rings is 1. The first-order valence-electron chi connectivity index (χ1n) is 4.27. The van der Waals surface area contributed by atoms with Crippen LogP contribution in [-0.2, 0) is 6.54 Å². The number of hydrogen-bond donors (Lipinski definition) is 1. The summed E-state index contributed by atoms with van der Waals surface area (Å²) >= 11 is 7.35. The van der Waals surface area contributed by atoms with E-state index in [4.69, 9.17) is 11.6 Å². The molecule has 0 unspecified atom stereocenters. The fraction of sp³-hybridized carbons (Fsp3) is 0.400. The SMILES string of the molecule is CSc1ccccc1CNCCCl. The van der Waals surface area contributed by atoms with E-state index in [-0.39, 0.29) is 0 Å². The Balaban J connectivity index is 2.54. The van der Waals surface area contributed by atoms with Gasteiger partial charge in [-0.15, -0.1) is 23.4 Å². The summed E-state index contributed by atoms with van der Waals surface area (Å²) in [5.41, 5.74) is 1.35. The molecule has 1 aromatic rings. The zero-order valence-electron chi connectivity index (χ0n) is 7.72. The van der Waals surface area contributed by atoms with Crippen molar-refractivity contribution in [2.75, 3.05) is 18.7 Å². The van der Waals surface area contributed by atoms with Crippen LogP contribution < -0.4 is 5.32 Å². The molecule has 72 valence electrons. The number of alkyl halides is 1. The molecule has 0 saturated carbocycles. The van der Waals surface area contributed by atoms with Crippen LogP contribution in [0.15, 0.2) is 29.2 Å². The van der Waals surface area contributed by atoms with Crippen molar-refractivity contribution in [2.24, 2.45) is 0 Å². The largest absolute Gasteiger partial charge is 0.311 e. The summed E-state index contributed by atoms with van der Waals surface area (Å²) in [6, 6.07) is 8.42. The highest BCUT2D eigenvalue weighted by Gasteiger charge is 1.98. The number of nitrogens with one attached hydrogen (secondary N) is 1. The van der Waals surface area contributed by atoms with Crippen LogP contribution in [0.5, 0.6) is 0 Å². The third-order valence-electron chi connectivity index (χ3n) is 1.78. The van der Waals surface area contributed by atoms with Crippen molar-refractivity contribution in [2.45, 2.75) is 11.4 Å². The molecule has 1 rings (SSSR count). The van der Waals surface area contributed by atoms with Gasteiger partial charge in [0.2, 0.25) is 0 Å². The van der Waals surface area contributed by atoms with Crippen molar-refractivity contribution in [1.82, 2.24) is 5.32 Å². The highest BCUT2D eigenvalue weighted by molar-refractivity contribution is 7.98. The molecule has 0 bridgehead atoms. The Morgan fingerprint density at radius 3 is 2.85 bits per heavy atom. The van der Waals surface area contributed by atoms with Crippen LogP contribution in [0.1, 0.15) is 5.56 Å². The van der Waals surface area contributed by atoms with E-state index in [9.17, 15) is 0 Å². The summed E-state index contributed by atoms with van der Waals surface area (Å²) in [6.45, 7) is 1.77. The molecule has 0 aliphatic carbocycles. The van der Waals surface area contributed by atoms with E-state index in [1.54, 1.807) is 11.8 Å². The quantitative estimate of drug-likeness (QED) is 0.461. The molecule has 13 heavy (non-hydrogen) atoms. The van der Waals surface area contributed by atoms with Gasteiger partial charge in [-0.1, -0.05) is 18.2 Å². The molecule has 1 aromatic carbocycles. The second kappa shape index (κ2) is 6.30. The van der Waals surface area contributed by atoms with Gasteiger partial charge in [0.05, 0.1) is 0 Å². The van der Waals surface area contributed by atoms with Gasteiger partial charge in [0.15, 0.2) is 0 Å². The van der Waals surface area contributed by atoms with E-state index in [2.05, 4.69) is 35.8 Å². The number of hydrogen-bond acceptors (Lipinski definition) is 2. The third kappa shape index (κ3) is 3.59. The summed E-state index contributed by atoms with van der Waals surface area (Å²) in [5.74, 6) is 0.668. The second-order valence-corrected chi connectivity index (χ2v) is 3.90. The fourth-order valence-electron chi connectivity index (χ4n) is 1.14.